The Bertz CT molecular complexity index is 686. The van der Waals surface area contributed by atoms with Gasteiger partial charge in [-0.15, -0.1) is 0 Å². The molecular weight excluding hydrogens is 274 g/mol. The fraction of sp³-hybridized carbons (Fsp3) is 0.333. The van der Waals surface area contributed by atoms with Gasteiger partial charge in [0.2, 0.25) is 0 Å². The van der Waals surface area contributed by atoms with Crippen molar-refractivity contribution in [3.63, 3.8) is 0 Å². The highest BCUT2D eigenvalue weighted by atomic mass is 16.2. The summed E-state index contributed by atoms with van der Waals surface area (Å²) in [6.45, 7) is 0.512. The fourth-order valence-electron chi connectivity index (χ4n) is 3.65. The average Bonchev–Trinajstić information content (AvgIpc) is 3.27. The molecule has 1 aromatic heterocycles. The number of hydrogen-bond acceptors (Lipinski definition) is 2. The number of rotatable bonds is 3. The van der Waals surface area contributed by atoms with E-state index in [1.54, 1.807) is 12.4 Å². The van der Waals surface area contributed by atoms with Crippen LogP contribution in [0.4, 0.5) is 4.79 Å². The van der Waals surface area contributed by atoms with Gasteiger partial charge in [-0.25, -0.2) is 4.79 Å². The number of hydrogen-bond donors (Lipinski definition) is 2. The first kappa shape index (κ1) is 13.3. The normalized spacial score (nSPS) is 24.8. The van der Waals surface area contributed by atoms with Gasteiger partial charge in [0.05, 0.1) is 0 Å². The maximum atomic E-state index is 12.1. The third-order valence-corrected chi connectivity index (χ3v) is 4.80. The maximum Gasteiger partial charge on any atom is 0.315 e. The number of pyridine rings is 1. The number of benzene rings is 1. The molecular formula is C18H19N3O. The molecule has 2 aliphatic rings. The SMILES string of the molecule is O=C(NCc1cccnc1)N[C@@H]1[C@@H]2CCc3ccccc3[C@H]21. The largest absolute Gasteiger partial charge is 0.334 e. The molecule has 1 saturated carbocycles. The highest BCUT2D eigenvalue weighted by Crippen LogP contribution is 2.54. The van der Waals surface area contributed by atoms with E-state index in [2.05, 4.69) is 39.9 Å². The van der Waals surface area contributed by atoms with E-state index in [0.29, 0.717) is 18.4 Å². The summed E-state index contributed by atoms with van der Waals surface area (Å²) < 4.78 is 0. The van der Waals surface area contributed by atoms with Gasteiger partial charge in [0.1, 0.15) is 0 Å². The Balaban J connectivity index is 1.35. The molecule has 2 N–H and O–H groups in total. The van der Waals surface area contributed by atoms with E-state index >= 15 is 0 Å². The Labute approximate surface area is 130 Å². The summed E-state index contributed by atoms with van der Waals surface area (Å²) >= 11 is 0. The summed E-state index contributed by atoms with van der Waals surface area (Å²) in [7, 11) is 0. The zero-order valence-electron chi connectivity index (χ0n) is 12.3. The van der Waals surface area contributed by atoms with Gasteiger partial charge in [-0.3, -0.25) is 4.98 Å². The number of nitrogens with one attached hydrogen (secondary N) is 2. The third-order valence-electron chi connectivity index (χ3n) is 4.80. The molecule has 22 heavy (non-hydrogen) atoms. The Kier molecular flexibility index (Phi) is 3.29. The Hall–Kier alpha value is -2.36. The Morgan fingerprint density at radius 2 is 2.14 bits per heavy atom. The zero-order chi connectivity index (χ0) is 14.9. The summed E-state index contributed by atoms with van der Waals surface area (Å²) in [4.78, 5) is 16.1. The number of aromatic nitrogens is 1. The van der Waals surface area contributed by atoms with Gasteiger partial charge in [0.15, 0.2) is 0 Å². The van der Waals surface area contributed by atoms with Gasteiger partial charge in [-0.2, -0.15) is 0 Å². The van der Waals surface area contributed by atoms with Gasteiger partial charge in [-0.1, -0.05) is 30.3 Å². The number of urea groups is 1. The number of amides is 2. The highest BCUT2D eigenvalue weighted by molar-refractivity contribution is 5.75. The minimum atomic E-state index is -0.0827. The summed E-state index contributed by atoms with van der Waals surface area (Å²) in [5, 5.41) is 6.05. The maximum absolute atomic E-state index is 12.1. The van der Waals surface area contributed by atoms with E-state index in [-0.39, 0.29) is 12.1 Å². The first-order chi connectivity index (χ1) is 10.8. The summed E-state index contributed by atoms with van der Waals surface area (Å²) in [5.41, 5.74) is 3.89. The van der Waals surface area contributed by atoms with Gasteiger partial charge in [0, 0.05) is 30.9 Å². The zero-order valence-corrected chi connectivity index (χ0v) is 12.3. The van der Waals surface area contributed by atoms with Gasteiger partial charge in [-0.05, 0) is 41.5 Å². The van der Waals surface area contributed by atoms with Crippen LogP contribution < -0.4 is 10.6 Å². The lowest BCUT2D eigenvalue weighted by atomic mass is 9.92. The van der Waals surface area contributed by atoms with E-state index in [9.17, 15) is 4.79 Å². The molecule has 4 rings (SSSR count). The van der Waals surface area contributed by atoms with E-state index in [0.717, 1.165) is 12.0 Å². The van der Waals surface area contributed by atoms with Crippen LogP contribution in [-0.4, -0.2) is 17.1 Å². The monoisotopic (exact) mass is 293 g/mol. The van der Waals surface area contributed by atoms with Crippen molar-refractivity contribution in [2.75, 3.05) is 0 Å². The van der Waals surface area contributed by atoms with E-state index in [1.165, 1.54) is 17.5 Å². The molecule has 4 nitrogen and oxygen atoms in total. The average molecular weight is 293 g/mol. The van der Waals surface area contributed by atoms with Crippen LogP contribution in [0.1, 0.15) is 29.0 Å². The number of carbonyl (C=O) groups excluding carboxylic acids is 1. The van der Waals surface area contributed by atoms with E-state index in [4.69, 9.17) is 0 Å². The Morgan fingerprint density at radius 1 is 1.23 bits per heavy atom. The van der Waals surface area contributed by atoms with Crippen LogP contribution in [0.3, 0.4) is 0 Å². The number of fused-ring (bicyclic) bond motifs is 3. The number of nitrogens with zero attached hydrogens (tertiary/aromatic N) is 1. The molecule has 1 heterocycles. The van der Waals surface area contributed by atoms with Crippen LogP contribution in [0.2, 0.25) is 0 Å². The number of carbonyl (C=O) groups is 1. The van der Waals surface area contributed by atoms with Gasteiger partial charge in [0.25, 0.3) is 0 Å². The van der Waals surface area contributed by atoms with Crippen molar-refractivity contribution in [3.8, 4) is 0 Å². The second-order valence-electron chi connectivity index (χ2n) is 6.14. The van der Waals surface area contributed by atoms with Crippen molar-refractivity contribution in [1.82, 2.24) is 15.6 Å². The molecule has 0 aliphatic heterocycles. The van der Waals surface area contributed by atoms with Crippen molar-refractivity contribution in [3.05, 3.63) is 65.5 Å². The molecule has 0 radical (unpaired) electrons. The lowest BCUT2D eigenvalue weighted by molar-refractivity contribution is 0.239. The summed E-state index contributed by atoms with van der Waals surface area (Å²) in [6, 6.07) is 12.7. The lowest BCUT2D eigenvalue weighted by Crippen LogP contribution is -2.37. The molecule has 1 fully saturated rings. The lowest BCUT2D eigenvalue weighted by Gasteiger charge is -2.13. The summed E-state index contributed by atoms with van der Waals surface area (Å²) in [5.74, 6) is 1.12. The standard InChI is InChI=1S/C18H19N3O/c22-18(20-11-12-4-3-9-19-10-12)21-17-15-8-7-13-5-1-2-6-14(13)16(15)17/h1-6,9-10,15-17H,7-8,11H2,(H2,20,21,22)/t15-,16-,17-/m1/s1. The van der Waals surface area contributed by atoms with Crippen LogP contribution in [0.25, 0.3) is 0 Å². The smallest absolute Gasteiger partial charge is 0.315 e. The fourth-order valence-corrected chi connectivity index (χ4v) is 3.65. The molecule has 1 aromatic carbocycles. The van der Waals surface area contributed by atoms with Crippen molar-refractivity contribution in [2.45, 2.75) is 31.3 Å². The van der Waals surface area contributed by atoms with Crippen molar-refractivity contribution in [1.29, 1.82) is 0 Å². The molecule has 0 saturated heterocycles. The Morgan fingerprint density at radius 3 is 3.00 bits per heavy atom. The second-order valence-corrected chi connectivity index (χ2v) is 6.14. The van der Waals surface area contributed by atoms with E-state index in [1.807, 2.05) is 12.1 Å². The molecule has 2 aromatic rings. The van der Waals surface area contributed by atoms with Crippen molar-refractivity contribution in [2.24, 2.45) is 5.92 Å². The van der Waals surface area contributed by atoms with E-state index < -0.39 is 0 Å². The predicted octanol–water partition coefficient (Wildman–Crippen LogP) is 2.61. The second kappa shape index (κ2) is 5.44. The molecule has 2 aliphatic carbocycles. The molecule has 4 heteroatoms. The van der Waals surface area contributed by atoms with Gasteiger partial charge < -0.3 is 10.6 Å². The first-order valence-corrected chi connectivity index (χ1v) is 7.84. The topological polar surface area (TPSA) is 54.0 Å². The number of aryl methyl sites for hydroxylation is 1. The minimum Gasteiger partial charge on any atom is -0.334 e. The van der Waals surface area contributed by atoms with Crippen LogP contribution in [0, 0.1) is 5.92 Å². The quantitative estimate of drug-likeness (QED) is 0.914. The van der Waals surface area contributed by atoms with Crippen LogP contribution in [0.15, 0.2) is 48.8 Å². The molecule has 0 unspecified atom stereocenters. The van der Waals surface area contributed by atoms with Crippen LogP contribution in [-0.2, 0) is 13.0 Å². The molecule has 0 bridgehead atoms. The highest BCUT2D eigenvalue weighted by Gasteiger charge is 2.53. The summed E-state index contributed by atoms with van der Waals surface area (Å²) in [6.07, 6.45) is 5.81. The van der Waals surface area contributed by atoms with Gasteiger partial charge >= 0.3 is 6.03 Å². The molecule has 112 valence electrons. The van der Waals surface area contributed by atoms with Crippen molar-refractivity contribution < 1.29 is 4.79 Å². The van der Waals surface area contributed by atoms with Crippen LogP contribution >= 0.6 is 0 Å². The minimum absolute atomic E-state index is 0.0827. The van der Waals surface area contributed by atoms with Crippen LogP contribution in [0.5, 0.6) is 0 Å². The van der Waals surface area contributed by atoms with Crippen molar-refractivity contribution >= 4 is 6.03 Å². The third kappa shape index (κ3) is 2.45. The molecule has 0 spiro atoms. The first-order valence-electron chi connectivity index (χ1n) is 7.84. The molecule has 2 amide bonds. The molecule has 3 atom stereocenters. The predicted molar refractivity (Wildman–Crippen MR) is 84.4 cm³/mol.